The molecule has 1 saturated heterocycles. The van der Waals surface area contributed by atoms with E-state index in [-0.39, 0.29) is 17.7 Å². The van der Waals surface area contributed by atoms with Crippen LogP contribution >= 0.6 is 0 Å². The van der Waals surface area contributed by atoms with Gasteiger partial charge in [0.25, 0.3) is 11.9 Å². The van der Waals surface area contributed by atoms with Crippen molar-refractivity contribution in [2.45, 2.75) is 18.9 Å². The molecule has 1 aliphatic rings. The van der Waals surface area contributed by atoms with Crippen LogP contribution in [-0.4, -0.2) is 60.8 Å². The number of H-pyrrole nitrogens is 1. The first-order valence-corrected chi connectivity index (χ1v) is 6.52. The lowest BCUT2D eigenvalue weighted by atomic mass is 10.1. The van der Waals surface area contributed by atoms with Gasteiger partial charge in [0.15, 0.2) is 0 Å². The number of carbonyl (C=O) groups excluding carboxylic acids is 1. The number of aliphatic hydroxyl groups excluding tert-OH is 1. The average Bonchev–Trinajstić information content (AvgIpc) is 3.01. The minimum Gasteiger partial charge on any atom is -0.393 e. The number of nitrogens with one attached hydrogen (secondary N) is 2. The normalized spacial score (nSPS) is 16.0. The van der Waals surface area contributed by atoms with Crippen molar-refractivity contribution < 1.29 is 9.90 Å². The first-order valence-electron chi connectivity index (χ1n) is 6.52. The molecule has 10 heteroatoms. The minimum absolute atomic E-state index is 0.0771. The van der Waals surface area contributed by atoms with Gasteiger partial charge in [-0.05, 0) is 18.1 Å². The molecule has 0 unspecified atom stereocenters. The predicted octanol–water partition coefficient (Wildman–Crippen LogP) is -0.797. The lowest BCUT2D eigenvalue weighted by Crippen LogP contribution is -2.36. The van der Waals surface area contributed by atoms with E-state index in [2.05, 4.69) is 35.9 Å². The highest BCUT2D eigenvalue weighted by molar-refractivity contribution is 6.01. The van der Waals surface area contributed by atoms with Crippen LogP contribution in [0.4, 0.5) is 11.8 Å². The van der Waals surface area contributed by atoms with E-state index >= 15 is 0 Å². The summed E-state index contributed by atoms with van der Waals surface area (Å²) in [5.41, 5.74) is 0.170. The van der Waals surface area contributed by atoms with E-state index in [4.69, 9.17) is 0 Å². The molecule has 2 aromatic heterocycles. The summed E-state index contributed by atoms with van der Waals surface area (Å²) in [7, 11) is 0. The summed E-state index contributed by atoms with van der Waals surface area (Å²) >= 11 is 0. The van der Waals surface area contributed by atoms with Crippen molar-refractivity contribution >= 4 is 17.7 Å². The van der Waals surface area contributed by atoms with Crippen molar-refractivity contribution in [3.05, 3.63) is 18.1 Å². The molecule has 1 aliphatic heterocycles. The molecule has 0 aliphatic carbocycles. The quantitative estimate of drug-likeness (QED) is 0.669. The van der Waals surface area contributed by atoms with E-state index in [1.54, 1.807) is 6.20 Å². The number of aliphatic hydroxyl groups is 1. The number of hydrogen-bond acceptors (Lipinski definition) is 8. The second-order valence-electron chi connectivity index (χ2n) is 4.67. The molecular weight excluding hydrogens is 276 g/mol. The van der Waals surface area contributed by atoms with Crippen molar-refractivity contribution in [2.75, 3.05) is 23.3 Å². The number of carbonyl (C=O) groups is 1. The molecule has 1 fully saturated rings. The summed E-state index contributed by atoms with van der Waals surface area (Å²) in [6, 6.07) is 0. The summed E-state index contributed by atoms with van der Waals surface area (Å²) in [4.78, 5) is 22.3. The highest BCUT2D eigenvalue weighted by atomic mass is 16.3. The van der Waals surface area contributed by atoms with Gasteiger partial charge in [-0.25, -0.2) is 4.98 Å². The van der Waals surface area contributed by atoms with Crippen molar-refractivity contribution in [1.82, 2.24) is 30.6 Å². The van der Waals surface area contributed by atoms with E-state index in [0.717, 1.165) is 0 Å². The molecule has 2 aromatic rings. The topological polar surface area (TPSA) is 133 Å². The van der Waals surface area contributed by atoms with Crippen LogP contribution < -0.4 is 10.2 Å². The lowest BCUT2D eigenvalue weighted by molar-refractivity contribution is 0.102. The standard InChI is InChI=1S/C11H14N8O2/c20-7-1-3-19(4-2-7)9-6-12-5-8(13-9)10(21)14-11-15-17-18-16-11/h5-7,20H,1-4H2,(H2,14,15,16,17,18,21). The van der Waals surface area contributed by atoms with Crippen LogP contribution in [0, 0.1) is 0 Å². The third-order valence-corrected chi connectivity index (χ3v) is 3.21. The van der Waals surface area contributed by atoms with Crippen LogP contribution in [0.1, 0.15) is 23.3 Å². The van der Waals surface area contributed by atoms with Crippen LogP contribution in [0.2, 0.25) is 0 Å². The fourth-order valence-corrected chi connectivity index (χ4v) is 2.09. The number of aromatic nitrogens is 6. The van der Waals surface area contributed by atoms with E-state index in [1.165, 1.54) is 6.20 Å². The number of rotatable bonds is 3. The maximum atomic E-state index is 12.0. The summed E-state index contributed by atoms with van der Waals surface area (Å²) in [5.74, 6) is 0.235. The smallest absolute Gasteiger partial charge is 0.278 e. The molecular formula is C11H14N8O2. The third-order valence-electron chi connectivity index (χ3n) is 3.21. The molecule has 0 spiro atoms. The zero-order chi connectivity index (χ0) is 14.7. The largest absolute Gasteiger partial charge is 0.393 e. The Labute approximate surface area is 119 Å². The number of amides is 1. The number of aromatic amines is 1. The second kappa shape index (κ2) is 5.79. The monoisotopic (exact) mass is 290 g/mol. The van der Waals surface area contributed by atoms with E-state index in [0.29, 0.717) is 31.7 Å². The zero-order valence-corrected chi connectivity index (χ0v) is 11.1. The molecule has 0 aromatic carbocycles. The van der Waals surface area contributed by atoms with Gasteiger partial charge in [-0.3, -0.25) is 15.1 Å². The summed E-state index contributed by atoms with van der Waals surface area (Å²) in [6.45, 7) is 1.37. The van der Waals surface area contributed by atoms with Crippen molar-refractivity contribution in [1.29, 1.82) is 0 Å². The van der Waals surface area contributed by atoms with Gasteiger partial charge in [-0.2, -0.15) is 5.21 Å². The Morgan fingerprint density at radius 3 is 2.90 bits per heavy atom. The predicted molar refractivity (Wildman–Crippen MR) is 71.6 cm³/mol. The molecule has 0 bridgehead atoms. The highest BCUT2D eigenvalue weighted by Crippen LogP contribution is 2.17. The van der Waals surface area contributed by atoms with Crippen LogP contribution in [0.5, 0.6) is 0 Å². The van der Waals surface area contributed by atoms with Gasteiger partial charge >= 0.3 is 0 Å². The van der Waals surface area contributed by atoms with Crippen molar-refractivity contribution in [3.63, 3.8) is 0 Å². The fraction of sp³-hybridized carbons (Fsp3) is 0.455. The Morgan fingerprint density at radius 1 is 1.38 bits per heavy atom. The molecule has 0 atom stereocenters. The third kappa shape index (κ3) is 3.11. The highest BCUT2D eigenvalue weighted by Gasteiger charge is 2.19. The Hall–Kier alpha value is -2.62. The lowest BCUT2D eigenvalue weighted by Gasteiger charge is -2.30. The molecule has 110 valence electrons. The molecule has 21 heavy (non-hydrogen) atoms. The summed E-state index contributed by atoms with van der Waals surface area (Å²) in [5, 5.41) is 24.8. The van der Waals surface area contributed by atoms with Crippen LogP contribution in [-0.2, 0) is 0 Å². The molecule has 0 radical (unpaired) electrons. The van der Waals surface area contributed by atoms with E-state index in [1.807, 2.05) is 4.90 Å². The van der Waals surface area contributed by atoms with Gasteiger partial charge in [-0.15, -0.1) is 5.10 Å². The van der Waals surface area contributed by atoms with E-state index < -0.39 is 5.91 Å². The Bertz CT molecular complexity index is 608. The SMILES string of the molecule is O=C(Nc1nn[nH]n1)c1cncc(N2CCC(O)CC2)n1. The minimum atomic E-state index is -0.456. The summed E-state index contributed by atoms with van der Waals surface area (Å²) in [6.07, 6.45) is 4.07. The van der Waals surface area contributed by atoms with E-state index in [9.17, 15) is 9.90 Å². The second-order valence-corrected chi connectivity index (χ2v) is 4.67. The first-order chi connectivity index (χ1) is 10.2. The van der Waals surface area contributed by atoms with Crippen LogP contribution in [0.15, 0.2) is 12.4 Å². The summed E-state index contributed by atoms with van der Waals surface area (Å²) < 4.78 is 0. The number of piperidine rings is 1. The van der Waals surface area contributed by atoms with Gasteiger partial charge in [0, 0.05) is 13.1 Å². The van der Waals surface area contributed by atoms with Gasteiger partial charge in [-0.1, -0.05) is 5.10 Å². The Kier molecular flexibility index (Phi) is 3.69. The number of tetrazole rings is 1. The van der Waals surface area contributed by atoms with Crippen LogP contribution in [0.3, 0.4) is 0 Å². The van der Waals surface area contributed by atoms with Crippen molar-refractivity contribution in [2.24, 2.45) is 0 Å². The number of hydrogen-bond donors (Lipinski definition) is 3. The molecule has 0 saturated carbocycles. The Balaban J connectivity index is 1.72. The molecule has 3 heterocycles. The molecule has 1 amide bonds. The number of nitrogens with zero attached hydrogens (tertiary/aromatic N) is 6. The number of anilines is 2. The van der Waals surface area contributed by atoms with Gasteiger partial charge in [0.05, 0.1) is 18.5 Å². The fourth-order valence-electron chi connectivity index (χ4n) is 2.09. The van der Waals surface area contributed by atoms with Gasteiger partial charge in [0.1, 0.15) is 11.5 Å². The molecule has 10 nitrogen and oxygen atoms in total. The van der Waals surface area contributed by atoms with Crippen LogP contribution in [0.25, 0.3) is 0 Å². The Morgan fingerprint density at radius 2 is 2.19 bits per heavy atom. The average molecular weight is 290 g/mol. The zero-order valence-electron chi connectivity index (χ0n) is 11.1. The van der Waals surface area contributed by atoms with Crippen molar-refractivity contribution in [3.8, 4) is 0 Å². The van der Waals surface area contributed by atoms with Gasteiger partial charge in [0.2, 0.25) is 0 Å². The maximum absolute atomic E-state index is 12.0. The van der Waals surface area contributed by atoms with Gasteiger partial charge < -0.3 is 10.0 Å². The maximum Gasteiger partial charge on any atom is 0.278 e. The molecule has 3 rings (SSSR count). The first kappa shape index (κ1) is 13.4. The molecule has 3 N–H and O–H groups in total.